The van der Waals surface area contributed by atoms with E-state index in [4.69, 9.17) is 0 Å². The Balaban J connectivity index is 1.70. The molecule has 0 aliphatic rings. The van der Waals surface area contributed by atoms with Crippen LogP contribution < -0.4 is 5.32 Å². The molecule has 1 heterocycles. The third-order valence-corrected chi connectivity index (χ3v) is 3.90. The molecule has 1 aromatic heterocycles. The average molecular weight is 291 g/mol. The van der Waals surface area contributed by atoms with Gasteiger partial charge in [-0.3, -0.25) is 0 Å². The number of rotatable bonds is 5. The molecule has 0 atom stereocenters. The molecule has 0 radical (unpaired) electrons. The lowest BCUT2D eigenvalue weighted by atomic mass is 10.1. The van der Waals surface area contributed by atoms with Crippen molar-refractivity contribution in [3.63, 3.8) is 0 Å². The van der Waals surface area contributed by atoms with Gasteiger partial charge in [-0.05, 0) is 36.6 Å². The molecule has 3 rings (SSSR count). The van der Waals surface area contributed by atoms with Gasteiger partial charge in [0.25, 0.3) is 0 Å². The van der Waals surface area contributed by atoms with Crippen LogP contribution in [0.5, 0.6) is 0 Å². The van der Waals surface area contributed by atoms with Crippen LogP contribution in [0.2, 0.25) is 0 Å². The van der Waals surface area contributed by atoms with E-state index in [-0.39, 0.29) is 0 Å². The number of nitrogens with one attached hydrogen (secondary N) is 1. The van der Waals surface area contributed by atoms with E-state index in [1.807, 2.05) is 17.1 Å². The van der Waals surface area contributed by atoms with Gasteiger partial charge in [0.15, 0.2) is 0 Å². The summed E-state index contributed by atoms with van der Waals surface area (Å²) in [6.07, 6.45) is 5.62. The van der Waals surface area contributed by atoms with Gasteiger partial charge in [-0.2, -0.15) is 0 Å². The number of benzene rings is 2. The standard InChI is InChI=1S/C19H21N3/c1-15-7-8-17(16(2)11-15)12-21-13-18-5-3-4-6-19(18)22-10-9-20-14-22/h3-11,14,21H,12-13H2,1-2H3. The molecule has 0 amide bonds. The third-order valence-electron chi connectivity index (χ3n) is 3.90. The normalized spacial score (nSPS) is 10.8. The summed E-state index contributed by atoms with van der Waals surface area (Å²) in [7, 11) is 0. The van der Waals surface area contributed by atoms with Gasteiger partial charge in [0, 0.05) is 25.5 Å². The number of nitrogens with zero attached hydrogens (tertiary/aromatic N) is 2. The Bertz CT molecular complexity index is 745. The average Bonchev–Trinajstić information content (AvgIpc) is 3.04. The van der Waals surface area contributed by atoms with Crippen LogP contribution in [-0.2, 0) is 13.1 Å². The van der Waals surface area contributed by atoms with Gasteiger partial charge in [-0.25, -0.2) is 4.98 Å². The first-order valence-corrected chi connectivity index (χ1v) is 7.57. The van der Waals surface area contributed by atoms with Crippen LogP contribution in [0, 0.1) is 13.8 Å². The minimum Gasteiger partial charge on any atom is -0.309 e. The molecule has 0 unspecified atom stereocenters. The van der Waals surface area contributed by atoms with Crippen molar-refractivity contribution in [3.8, 4) is 5.69 Å². The first kappa shape index (κ1) is 14.5. The fraction of sp³-hybridized carbons (Fsp3) is 0.211. The fourth-order valence-electron chi connectivity index (χ4n) is 2.69. The van der Waals surface area contributed by atoms with E-state index < -0.39 is 0 Å². The van der Waals surface area contributed by atoms with E-state index in [9.17, 15) is 0 Å². The fourth-order valence-corrected chi connectivity index (χ4v) is 2.69. The topological polar surface area (TPSA) is 29.9 Å². The summed E-state index contributed by atoms with van der Waals surface area (Å²) in [6, 6.07) is 15.0. The zero-order chi connectivity index (χ0) is 15.4. The minimum atomic E-state index is 0.835. The van der Waals surface area contributed by atoms with Crippen LogP contribution >= 0.6 is 0 Å². The zero-order valence-corrected chi connectivity index (χ0v) is 13.1. The van der Waals surface area contributed by atoms with E-state index in [0.29, 0.717) is 0 Å². The Morgan fingerprint density at radius 2 is 1.82 bits per heavy atom. The van der Waals surface area contributed by atoms with Crippen molar-refractivity contribution in [2.75, 3.05) is 0 Å². The molecule has 0 bridgehead atoms. The lowest BCUT2D eigenvalue weighted by molar-refractivity contribution is 0.687. The Morgan fingerprint density at radius 3 is 2.59 bits per heavy atom. The highest BCUT2D eigenvalue weighted by Crippen LogP contribution is 2.15. The van der Waals surface area contributed by atoms with Crippen LogP contribution in [0.25, 0.3) is 5.69 Å². The molecular formula is C19H21N3. The molecule has 22 heavy (non-hydrogen) atoms. The largest absolute Gasteiger partial charge is 0.309 e. The predicted octanol–water partition coefficient (Wildman–Crippen LogP) is 3.78. The molecule has 0 fully saturated rings. The number of aromatic nitrogens is 2. The molecule has 0 saturated heterocycles. The van der Waals surface area contributed by atoms with Crippen LogP contribution in [0.4, 0.5) is 0 Å². The van der Waals surface area contributed by atoms with Crippen molar-refractivity contribution in [3.05, 3.63) is 83.4 Å². The second kappa shape index (κ2) is 6.58. The van der Waals surface area contributed by atoms with Gasteiger partial charge in [-0.15, -0.1) is 0 Å². The summed E-state index contributed by atoms with van der Waals surface area (Å²) < 4.78 is 2.05. The smallest absolute Gasteiger partial charge is 0.0991 e. The number of hydrogen-bond acceptors (Lipinski definition) is 2. The molecular weight excluding hydrogens is 270 g/mol. The summed E-state index contributed by atoms with van der Waals surface area (Å²) in [5.74, 6) is 0. The maximum atomic E-state index is 4.13. The molecule has 1 N–H and O–H groups in total. The van der Waals surface area contributed by atoms with Crippen LogP contribution in [0.3, 0.4) is 0 Å². The summed E-state index contributed by atoms with van der Waals surface area (Å²) in [4.78, 5) is 4.13. The lowest BCUT2D eigenvalue weighted by Crippen LogP contribution is -2.15. The summed E-state index contributed by atoms with van der Waals surface area (Å²) in [6.45, 7) is 6.01. The minimum absolute atomic E-state index is 0.835. The van der Waals surface area contributed by atoms with Crippen LogP contribution in [-0.4, -0.2) is 9.55 Å². The van der Waals surface area contributed by atoms with Crippen molar-refractivity contribution < 1.29 is 0 Å². The van der Waals surface area contributed by atoms with E-state index in [1.165, 1.54) is 27.9 Å². The number of hydrogen-bond donors (Lipinski definition) is 1. The van der Waals surface area contributed by atoms with Crippen molar-refractivity contribution >= 4 is 0 Å². The third kappa shape index (κ3) is 3.26. The second-order valence-corrected chi connectivity index (χ2v) is 5.63. The van der Waals surface area contributed by atoms with Gasteiger partial charge in [-0.1, -0.05) is 42.0 Å². The van der Waals surface area contributed by atoms with Gasteiger partial charge < -0.3 is 9.88 Å². The Kier molecular flexibility index (Phi) is 4.35. The summed E-state index contributed by atoms with van der Waals surface area (Å²) in [5, 5.41) is 3.55. The summed E-state index contributed by atoms with van der Waals surface area (Å²) in [5.41, 5.74) is 6.45. The molecule has 2 aromatic carbocycles. The molecule has 112 valence electrons. The SMILES string of the molecule is Cc1ccc(CNCc2ccccc2-n2ccnc2)c(C)c1. The van der Waals surface area contributed by atoms with Crippen molar-refractivity contribution in [2.24, 2.45) is 0 Å². The Labute approximate surface area is 131 Å². The van der Waals surface area contributed by atoms with Crippen LogP contribution in [0.1, 0.15) is 22.3 Å². The molecule has 0 spiro atoms. The molecule has 0 saturated carbocycles. The highest BCUT2D eigenvalue weighted by atomic mass is 15.0. The van der Waals surface area contributed by atoms with Crippen LogP contribution in [0.15, 0.2) is 61.2 Å². The first-order chi connectivity index (χ1) is 10.7. The number of imidazole rings is 1. The number of para-hydroxylation sites is 1. The monoisotopic (exact) mass is 291 g/mol. The Hall–Kier alpha value is -2.39. The maximum absolute atomic E-state index is 4.13. The maximum Gasteiger partial charge on any atom is 0.0991 e. The molecule has 3 aromatic rings. The van der Waals surface area contributed by atoms with E-state index in [1.54, 1.807) is 6.20 Å². The zero-order valence-electron chi connectivity index (χ0n) is 13.1. The molecule has 3 nitrogen and oxygen atoms in total. The van der Waals surface area contributed by atoms with Crippen molar-refractivity contribution in [2.45, 2.75) is 26.9 Å². The lowest BCUT2D eigenvalue weighted by Gasteiger charge is -2.12. The highest BCUT2D eigenvalue weighted by molar-refractivity contribution is 5.41. The molecule has 3 heteroatoms. The van der Waals surface area contributed by atoms with E-state index in [2.05, 4.69) is 66.6 Å². The molecule has 0 aliphatic heterocycles. The van der Waals surface area contributed by atoms with Gasteiger partial charge in [0.2, 0.25) is 0 Å². The molecule has 0 aliphatic carbocycles. The first-order valence-electron chi connectivity index (χ1n) is 7.57. The van der Waals surface area contributed by atoms with Gasteiger partial charge in [0.1, 0.15) is 0 Å². The van der Waals surface area contributed by atoms with E-state index in [0.717, 1.165) is 13.1 Å². The predicted molar refractivity (Wildman–Crippen MR) is 90.0 cm³/mol. The van der Waals surface area contributed by atoms with Crippen molar-refractivity contribution in [1.82, 2.24) is 14.9 Å². The Morgan fingerprint density at radius 1 is 1.00 bits per heavy atom. The number of aryl methyl sites for hydroxylation is 2. The second-order valence-electron chi connectivity index (χ2n) is 5.63. The summed E-state index contributed by atoms with van der Waals surface area (Å²) >= 11 is 0. The highest BCUT2D eigenvalue weighted by Gasteiger charge is 2.04. The van der Waals surface area contributed by atoms with Crippen molar-refractivity contribution in [1.29, 1.82) is 0 Å². The van der Waals surface area contributed by atoms with E-state index >= 15 is 0 Å². The van der Waals surface area contributed by atoms with Gasteiger partial charge >= 0.3 is 0 Å². The quantitative estimate of drug-likeness (QED) is 0.775. The van der Waals surface area contributed by atoms with Gasteiger partial charge in [0.05, 0.1) is 12.0 Å².